The first kappa shape index (κ1) is 14.6. The van der Waals surface area contributed by atoms with Crippen LogP contribution < -0.4 is 9.47 Å². The van der Waals surface area contributed by atoms with Gasteiger partial charge < -0.3 is 19.3 Å². The van der Waals surface area contributed by atoms with Crippen LogP contribution in [0.1, 0.15) is 24.5 Å². The molecule has 20 heavy (non-hydrogen) atoms. The minimum absolute atomic E-state index is 0.227. The van der Waals surface area contributed by atoms with E-state index in [0.29, 0.717) is 30.1 Å². The van der Waals surface area contributed by atoms with Crippen LogP contribution in [0.4, 0.5) is 0 Å². The van der Waals surface area contributed by atoms with Crippen molar-refractivity contribution < 1.29 is 19.3 Å². The van der Waals surface area contributed by atoms with Gasteiger partial charge in [-0.15, -0.1) is 0 Å². The number of aliphatic hydroxyl groups excluding tert-OH is 1. The molecule has 1 saturated heterocycles. The molecule has 1 heterocycles. The number of ether oxygens (including phenoxy) is 3. The molecule has 5 heteroatoms. The van der Waals surface area contributed by atoms with Crippen LogP contribution in [0.15, 0.2) is 18.2 Å². The SMILES string of the molecule is COc1cccc(C(O)C2(C#N)CCCOC2)c1OC. The molecular weight excluding hydrogens is 258 g/mol. The van der Waals surface area contributed by atoms with Crippen molar-refractivity contribution in [2.45, 2.75) is 18.9 Å². The largest absolute Gasteiger partial charge is 0.493 e. The summed E-state index contributed by atoms with van der Waals surface area (Å²) in [6.07, 6.45) is 0.389. The van der Waals surface area contributed by atoms with Gasteiger partial charge in [-0.25, -0.2) is 0 Å². The van der Waals surface area contributed by atoms with E-state index in [4.69, 9.17) is 14.2 Å². The molecule has 2 atom stereocenters. The van der Waals surface area contributed by atoms with Gasteiger partial charge in [0.2, 0.25) is 0 Å². The third-order valence-corrected chi connectivity index (χ3v) is 3.75. The van der Waals surface area contributed by atoms with Crippen molar-refractivity contribution in [1.29, 1.82) is 5.26 Å². The molecule has 1 aromatic rings. The number of methoxy groups -OCH3 is 2. The van der Waals surface area contributed by atoms with Crippen molar-refractivity contribution in [3.05, 3.63) is 23.8 Å². The molecule has 5 nitrogen and oxygen atoms in total. The monoisotopic (exact) mass is 277 g/mol. The van der Waals surface area contributed by atoms with Gasteiger partial charge in [0.25, 0.3) is 0 Å². The Kier molecular flexibility index (Phi) is 4.48. The zero-order valence-electron chi connectivity index (χ0n) is 11.8. The molecule has 1 aliphatic rings. The van der Waals surface area contributed by atoms with Crippen molar-refractivity contribution in [2.24, 2.45) is 5.41 Å². The highest BCUT2D eigenvalue weighted by Gasteiger charge is 2.42. The summed E-state index contributed by atoms with van der Waals surface area (Å²) in [5, 5.41) is 20.2. The standard InChI is InChI=1S/C15H19NO4/c1-18-12-6-3-5-11(13(12)19-2)14(17)15(9-16)7-4-8-20-10-15/h3,5-6,14,17H,4,7-8,10H2,1-2H3. The van der Waals surface area contributed by atoms with Crippen molar-refractivity contribution in [1.82, 2.24) is 0 Å². The molecule has 0 spiro atoms. The summed E-state index contributed by atoms with van der Waals surface area (Å²) in [5.74, 6) is 0.997. The predicted octanol–water partition coefficient (Wildman–Crippen LogP) is 2.06. The summed E-state index contributed by atoms with van der Waals surface area (Å²) in [6.45, 7) is 0.858. The Morgan fingerprint density at radius 2 is 2.20 bits per heavy atom. The van der Waals surface area contributed by atoms with Crippen molar-refractivity contribution in [3.8, 4) is 17.6 Å². The third-order valence-electron chi connectivity index (χ3n) is 3.75. The van der Waals surface area contributed by atoms with Crippen LogP contribution in [0.2, 0.25) is 0 Å². The van der Waals surface area contributed by atoms with Gasteiger partial charge in [-0.3, -0.25) is 0 Å². The lowest BCUT2D eigenvalue weighted by Crippen LogP contribution is -2.36. The van der Waals surface area contributed by atoms with Gasteiger partial charge in [-0.05, 0) is 18.9 Å². The topological polar surface area (TPSA) is 71.7 Å². The van der Waals surface area contributed by atoms with E-state index in [0.717, 1.165) is 6.42 Å². The lowest BCUT2D eigenvalue weighted by atomic mass is 9.76. The summed E-state index contributed by atoms with van der Waals surface area (Å²) in [6, 6.07) is 7.51. The van der Waals surface area contributed by atoms with Gasteiger partial charge in [-0.2, -0.15) is 5.26 Å². The number of benzene rings is 1. The van der Waals surface area contributed by atoms with Crippen molar-refractivity contribution in [2.75, 3.05) is 27.4 Å². The van der Waals surface area contributed by atoms with E-state index in [9.17, 15) is 10.4 Å². The van der Waals surface area contributed by atoms with E-state index in [1.54, 1.807) is 18.2 Å². The highest BCUT2D eigenvalue weighted by atomic mass is 16.5. The predicted molar refractivity (Wildman–Crippen MR) is 72.6 cm³/mol. The van der Waals surface area contributed by atoms with Crippen molar-refractivity contribution in [3.63, 3.8) is 0 Å². The number of hydrogen-bond donors (Lipinski definition) is 1. The molecule has 2 rings (SSSR count). The number of rotatable bonds is 4. The fourth-order valence-electron chi connectivity index (χ4n) is 2.61. The number of aliphatic hydroxyl groups is 1. The Bertz CT molecular complexity index is 503. The summed E-state index contributed by atoms with van der Waals surface area (Å²) < 4.78 is 16.0. The second kappa shape index (κ2) is 6.12. The van der Waals surface area contributed by atoms with Crippen LogP contribution in [0.25, 0.3) is 0 Å². The molecule has 0 saturated carbocycles. The Labute approximate surface area is 118 Å². The molecule has 0 radical (unpaired) electrons. The minimum atomic E-state index is -0.974. The molecule has 0 aromatic heterocycles. The van der Waals surface area contributed by atoms with E-state index in [1.165, 1.54) is 14.2 Å². The van der Waals surface area contributed by atoms with E-state index >= 15 is 0 Å². The molecule has 0 amide bonds. The van der Waals surface area contributed by atoms with Gasteiger partial charge in [0.05, 0.1) is 26.9 Å². The van der Waals surface area contributed by atoms with Crippen LogP contribution in [0, 0.1) is 16.7 Å². The molecule has 108 valence electrons. The van der Waals surface area contributed by atoms with Gasteiger partial charge in [0, 0.05) is 12.2 Å². The maximum atomic E-state index is 10.7. The molecule has 1 aromatic carbocycles. The highest BCUT2D eigenvalue weighted by molar-refractivity contribution is 5.48. The Balaban J connectivity index is 2.42. The molecule has 0 bridgehead atoms. The second-order valence-electron chi connectivity index (χ2n) is 4.91. The fraction of sp³-hybridized carbons (Fsp3) is 0.533. The summed E-state index contributed by atoms with van der Waals surface area (Å²) in [4.78, 5) is 0. The van der Waals surface area contributed by atoms with Gasteiger partial charge in [0.1, 0.15) is 11.5 Å². The molecule has 1 fully saturated rings. The Morgan fingerprint density at radius 1 is 1.40 bits per heavy atom. The number of para-hydroxylation sites is 1. The van der Waals surface area contributed by atoms with E-state index in [2.05, 4.69) is 6.07 Å². The van der Waals surface area contributed by atoms with Crippen molar-refractivity contribution >= 4 is 0 Å². The van der Waals surface area contributed by atoms with E-state index in [1.807, 2.05) is 0 Å². The molecule has 1 aliphatic heterocycles. The Hall–Kier alpha value is -1.77. The Morgan fingerprint density at radius 3 is 2.75 bits per heavy atom. The number of nitrogens with zero attached hydrogens (tertiary/aromatic N) is 1. The summed E-state index contributed by atoms with van der Waals surface area (Å²) >= 11 is 0. The first-order valence-electron chi connectivity index (χ1n) is 6.56. The zero-order valence-corrected chi connectivity index (χ0v) is 11.8. The van der Waals surface area contributed by atoms with Crippen LogP contribution in [-0.2, 0) is 4.74 Å². The number of hydrogen-bond acceptors (Lipinski definition) is 5. The first-order chi connectivity index (χ1) is 9.68. The van der Waals surface area contributed by atoms with Crippen LogP contribution in [0.3, 0.4) is 0 Å². The van der Waals surface area contributed by atoms with E-state index < -0.39 is 11.5 Å². The second-order valence-corrected chi connectivity index (χ2v) is 4.91. The van der Waals surface area contributed by atoms with Crippen LogP contribution >= 0.6 is 0 Å². The summed E-state index contributed by atoms with van der Waals surface area (Å²) in [7, 11) is 3.06. The molecule has 2 unspecified atom stereocenters. The zero-order chi connectivity index (χ0) is 14.6. The molecule has 0 aliphatic carbocycles. The average Bonchev–Trinajstić information content (AvgIpc) is 2.53. The fourth-order valence-corrected chi connectivity index (χ4v) is 2.61. The maximum Gasteiger partial charge on any atom is 0.166 e. The van der Waals surface area contributed by atoms with E-state index in [-0.39, 0.29) is 6.61 Å². The molecular formula is C15H19NO4. The highest BCUT2D eigenvalue weighted by Crippen LogP contribution is 2.45. The normalized spacial score (nSPS) is 23.7. The smallest absolute Gasteiger partial charge is 0.166 e. The number of nitriles is 1. The van der Waals surface area contributed by atoms with Crippen LogP contribution in [-0.4, -0.2) is 32.5 Å². The first-order valence-corrected chi connectivity index (χ1v) is 6.56. The lowest BCUT2D eigenvalue weighted by Gasteiger charge is -2.35. The molecule has 1 N–H and O–H groups in total. The van der Waals surface area contributed by atoms with Gasteiger partial charge >= 0.3 is 0 Å². The van der Waals surface area contributed by atoms with Gasteiger partial charge in [0.15, 0.2) is 11.5 Å². The maximum absolute atomic E-state index is 10.7. The van der Waals surface area contributed by atoms with Gasteiger partial charge in [-0.1, -0.05) is 12.1 Å². The quantitative estimate of drug-likeness (QED) is 0.912. The third kappa shape index (κ3) is 2.45. The summed E-state index contributed by atoms with van der Waals surface area (Å²) in [5.41, 5.74) is -0.378. The minimum Gasteiger partial charge on any atom is -0.493 e. The lowest BCUT2D eigenvalue weighted by molar-refractivity contribution is -0.0513. The van der Waals surface area contributed by atoms with Crippen LogP contribution in [0.5, 0.6) is 11.5 Å². The average molecular weight is 277 g/mol.